The minimum Gasteiger partial charge on any atom is -0.465 e. The van der Waals surface area contributed by atoms with Crippen LogP contribution in [0.3, 0.4) is 0 Å². The van der Waals surface area contributed by atoms with Gasteiger partial charge in [-0.25, -0.2) is 4.79 Å². The summed E-state index contributed by atoms with van der Waals surface area (Å²) < 4.78 is 0. The van der Waals surface area contributed by atoms with Crippen molar-refractivity contribution >= 4 is 6.09 Å². The summed E-state index contributed by atoms with van der Waals surface area (Å²) in [6.07, 6.45) is 3.58. The standard InChI is InChI=1S/C23H29NO3/c25-22(21-12-7-17-24(21)23(26)27)20(15-13-18-8-3-1-4-9-18)16-14-19-10-5-2-6-11-19/h1-6,8-11,20-22,25H,7,12-17H2,(H,26,27). The molecule has 27 heavy (non-hydrogen) atoms. The number of likely N-dealkylation sites (tertiary alicyclic amines) is 1. The van der Waals surface area contributed by atoms with Crippen LogP contribution in [0.1, 0.15) is 36.8 Å². The normalized spacial score (nSPS) is 18.0. The fraction of sp³-hybridized carbons (Fsp3) is 0.435. The van der Waals surface area contributed by atoms with Crippen molar-refractivity contribution in [2.24, 2.45) is 5.92 Å². The Morgan fingerprint density at radius 3 is 1.96 bits per heavy atom. The van der Waals surface area contributed by atoms with Crippen LogP contribution in [0, 0.1) is 5.92 Å². The molecule has 1 saturated heterocycles. The number of hydrogen-bond acceptors (Lipinski definition) is 2. The fourth-order valence-corrected chi connectivity index (χ4v) is 4.18. The van der Waals surface area contributed by atoms with E-state index in [-0.39, 0.29) is 12.0 Å². The van der Waals surface area contributed by atoms with E-state index in [0.717, 1.165) is 38.5 Å². The molecule has 1 fully saturated rings. The third-order valence-electron chi connectivity index (χ3n) is 5.72. The van der Waals surface area contributed by atoms with Crippen LogP contribution in [0.4, 0.5) is 4.79 Å². The van der Waals surface area contributed by atoms with Gasteiger partial charge in [0, 0.05) is 6.54 Å². The summed E-state index contributed by atoms with van der Waals surface area (Å²) in [5.74, 6) is 0.0790. The first-order chi connectivity index (χ1) is 13.1. The van der Waals surface area contributed by atoms with Crippen LogP contribution < -0.4 is 0 Å². The Kier molecular flexibility index (Phi) is 6.88. The molecule has 0 bridgehead atoms. The quantitative estimate of drug-likeness (QED) is 0.728. The van der Waals surface area contributed by atoms with Crippen LogP contribution in [0.2, 0.25) is 0 Å². The van der Waals surface area contributed by atoms with Gasteiger partial charge >= 0.3 is 6.09 Å². The zero-order valence-corrected chi connectivity index (χ0v) is 15.7. The maximum absolute atomic E-state index is 11.5. The molecule has 1 amide bonds. The first-order valence-corrected chi connectivity index (χ1v) is 9.90. The Balaban J connectivity index is 1.68. The van der Waals surface area contributed by atoms with Crippen molar-refractivity contribution in [2.75, 3.05) is 6.54 Å². The summed E-state index contributed by atoms with van der Waals surface area (Å²) in [5, 5.41) is 20.5. The maximum atomic E-state index is 11.5. The van der Waals surface area contributed by atoms with E-state index in [1.165, 1.54) is 16.0 Å². The first kappa shape index (κ1) is 19.4. The third kappa shape index (κ3) is 5.33. The van der Waals surface area contributed by atoms with Gasteiger partial charge < -0.3 is 15.1 Å². The number of aliphatic hydroxyl groups is 1. The van der Waals surface area contributed by atoms with Crippen molar-refractivity contribution in [3.8, 4) is 0 Å². The molecular formula is C23H29NO3. The topological polar surface area (TPSA) is 60.8 Å². The monoisotopic (exact) mass is 367 g/mol. The number of carbonyl (C=O) groups is 1. The largest absolute Gasteiger partial charge is 0.465 e. The van der Waals surface area contributed by atoms with Gasteiger partial charge in [-0.05, 0) is 55.6 Å². The lowest BCUT2D eigenvalue weighted by Gasteiger charge is -2.32. The van der Waals surface area contributed by atoms with E-state index in [1.54, 1.807) is 0 Å². The van der Waals surface area contributed by atoms with Gasteiger partial charge in [0.2, 0.25) is 0 Å². The SMILES string of the molecule is O=C(O)N1CCCC1C(O)C(CCc1ccccc1)CCc1ccccc1. The van der Waals surface area contributed by atoms with Crippen molar-refractivity contribution in [2.45, 2.75) is 50.7 Å². The molecule has 2 atom stereocenters. The second-order valence-electron chi connectivity index (χ2n) is 7.48. The molecule has 3 rings (SSSR count). The van der Waals surface area contributed by atoms with E-state index in [4.69, 9.17) is 0 Å². The molecule has 1 aliphatic rings. The maximum Gasteiger partial charge on any atom is 0.407 e. The van der Waals surface area contributed by atoms with Gasteiger partial charge in [-0.3, -0.25) is 0 Å². The second kappa shape index (κ2) is 9.56. The predicted molar refractivity (Wildman–Crippen MR) is 107 cm³/mol. The highest BCUT2D eigenvalue weighted by Crippen LogP contribution is 2.29. The average molecular weight is 367 g/mol. The fourth-order valence-electron chi connectivity index (χ4n) is 4.18. The molecular weight excluding hydrogens is 338 g/mol. The summed E-state index contributed by atoms with van der Waals surface area (Å²) in [4.78, 5) is 12.9. The lowest BCUT2D eigenvalue weighted by molar-refractivity contribution is 0.0241. The van der Waals surface area contributed by atoms with Gasteiger partial charge in [0.05, 0.1) is 12.1 Å². The molecule has 2 N–H and O–H groups in total. The molecule has 0 spiro atoms. The highest BCUT2D eigenvalue weighted by Gasteiger charge is 2.37. The van der Waals surface area contributed by atoms with E-state index in [2.05, 4.69) is 24.3 Å². The highest BCUT2D eigenvalue weighted by atomic mass is 16.4. The van der Waals surface area contributed by atoms with Crippen molar-refractivity contribution in [1.82, 2.24) is 4.90 Å². The summed E-state index contributed by atoms with van der Waals surface area (Å²) in [6.45, 7) is 0.529. The number of hydrogen-bond donors (Lipinski definition) is 2. The number of aryl methyl sites for hydroxylation is 2. The highest BCUT2D eigenvalue weighted by molar-refractivity contribution is 5.65. The lowest BCUT2D eigenvalue weighted by atomic mass is 9.85. The molecule has 0 aliphatic carbocycles. The Bertz CT molecular complexity index is 661. The van der Waals surface area contributed by atoms with E-state index in [0.29, 0.717) is 6.54 Å². The molecule has 4 heteroatoms. The Labute approximate surface area is 161 Å². The van der Waals surface area contributed by atoms with Crippen LogP contribution in [0.25, 0.3) is 0 Å². The van der Waals surface area contributed by atoms with E-state index in [1.807, 2.05) is 36.4 Å². The molecule has 1 heterocycles. The molecule has 2 unspecified atom stereocenters. The van der Waals surface area contributed by atoms with E-state index in [9.17, 15) is 15.0 Å². The molecule has 0 radical (unpaired) electrons. The molecule has 2 aromatic rings. The van der Waals surface area contributed by atoms with Gasteiger partial charge in [0.1, 0.15) is 0 Å². The van der Waals surface area contributed by atoms with E-state index >= 15 is 0 Å². The third-order valence-corrected chi connectivity index (χ3v) is 5.72. The van der Waals surface area contributed by atoms with Crippen LogP contribution in [0.5, 0.6) is 0 Å². The number of aliphatic hydroxyl groups excluding tert-OH is 1. The average Bonchev–Trinajstić information content (AvgIpc) is 3.19. The van der Waals surface area contributed by atoms with E-state index < -0.39 is 12.2 Å². The smallest absolute Gasteiger partial charge is 0.407 e. The van der Waals surface area contributed by atoms with Gasteiger partial charge in [0.15, 0.2) is 0 Å². The number of nitrogens with zero attached hydrogens (tertiary/aromatic N) is 1. The van der Waals surface area contributed by atoms with Crippen LogP contribution in [-0.2, 0) is 12.8 Å². The van der Waals surface area contributed by atoms with Gasteiger partial charge in [0.25, 0.3) is 0 Å². The Morgan fingerprint density at radius 2 is 1.48 bits per heavy atom. The minimum atomic E-state index is -0.915. The van der Waals surface area contributed by atoms with Crippen molar-refractivity contribution in [3.05, 3.63) is 71.8 Å². The van der Waals surface area contributed by atoms with Gasteiger partial charge in [-0.15, -0.1) is 0 Å². The zero-order chi connectivity index (χ0) is 19.1. The minimum absolute atomic E-state index is 0.0790. The summed E-state index contributed by atoms with van der Waals surface area (Å²) in [6, 6.07) is 20.3. The molecule has 0 aromatic heterocycles. The second-order valence-corrected chi connectivity index (χ2v) is 7.48. The zero-order valence-electron chi connectivity index (χ0n) is 15.7. The van der Waals surface area contributed by atoms with Crippen molar-refractivity contribution < 1.29 is 15.0 Å². The molecule has 144 valence electrons. The summed E-state index contributed by atoms with van der Waals surface area (Å²) in [7, 11) is 0. The lowest BCUT2D eigenvalue weighted by Crippen LogP contribution is -2.45. The van der Waals surface area contributed by atoms with Crippen LogP contribution in [0.15, 0.2) is 60.7 Å². The molecule has 4 nitrogen and oxygen atoms in total. The Morgan fingerprint density at radius 1 is 0.963 bits per heavy atom. The summed E-state index contributed by atoms with van der Waals surface area (Å²) in [5.41, 5.74) is 2.52. The van der Waals surface area contributed by atoms with Crippen LogP contribution >= 0.6 is 0 Å². The Hall–Kier alpha value is -2.33. The number of benzene rings is 2. The van der Waals surface area contributed by atoms with Crippen molar-refractivity contribution in [3.63, 3.8) is 0 Å². The molecule has 1 aliphatic heterocycles. The number of amides is 1. The molecule has 2 aromatic carbocycles. The summed E-state index contributed by atoms with van der Waals surface area (Å²) >= 11 is 0. The first-order valence-electron chi connectivity index (χ1n) is 9.90. The number of rotatable bonds is 8. The predicted octanol–water partition coefficient (Wildman–Crippen LogP) is 4.37. The van der Waals surface area contributed by atoms with Crippen LogP contribution in [-0.4, -0.2) is 39.9 Å². The van der Waals surface area contributed by atoms with Crippen molar-refractivity contribution in [1.29, 1.82) is 0 Å². The van der Waals surface area contributed by atoms with Gasteiger partial charge in [-0.1, -0.05) is 60.7 Å². The molecule has 0 saturated carbocycles. The number of carboxylic acid groups (broad SMARTS) is 1. The van der Waals surface area contributed by atoms with Gasteiger partial charge in [-0.2, -0.15) is 0 Å².